The number of hydrogen-bond acceptors (Lipinski definition) is 2. The number of Topliss-reactive ketones (excluding diaryl/α,β-unsaturated/α-hetero) is 2. The van der Waals surface area contributed by atoms with Gasteiger partial charge in [-0.05, 0) is 40.8 Å². The first-order valence-electron chi connectivity index (χ1n) is 6.41. The molecule has 0 aliphatic rings. The van der Waals surface area contributed by atoms with Gasteiger partial charge in [0.05, 0.1) is 11.4 Å². The predicted molar refractivity (Wildman–Crippen MR) is 113 cm³/mol. The summed E-state index contributed by atoms with van der Waals surface area (Å²) < 4.78 is 0.412. The van der Waals surface area contributed by atoms with Crippen LogP contribution < -0.4 is 0 Å². The zero-order valence-corrected chi connectivity index (χ0v) is 19.4. The molecule has 0 saturated heterocycles. The zero-order chi connectivity index (χ0) is 19.6. The lowest BCUT2D eigenvalue weighted by Gasteiger charge is -2.09. The highest BCUT2D eigenvalue weighted by Gasteiger charge is 2.33. The minimum atomic E-state index is -1.88. The summed E-state index contributed by atoms with van der Waals surface area (Å²) in [7, 11) is 3.44. The third-order valence-electron chi connectivity index (χ3n) is 2.90. The van der Waals surface area contributed by atoms with Crippen LogP contribution in [0.5, 0.6) is 0 Å². The normalized spacial score (nSPS) is 11.7. The van der Waals surface area contributed by atoms with E-state index >= 15 is 0 Å². The standard InChI is InChI=1S/C7H5Cl3INO.C7H6Cl3NO/c1-12-3-4(11)2-5(12)6(13)7(8,9)10;1-11-4-2-3-5(11)6(12)7(8,9)10/h2-3H,1H3;2-4H,1H3. The smallest absolute Gasteiger partial charge is 0.255 e. The highest BCUT2D eigenvalue weighted by Crippen LogP contribution is 2.31. The summed E-state index contributed by atoms with van der Waals surface area (Å²) in [5.41, 5.74) is 0.777. The minimum Gasteiger partial charge on any atom is -0.348 e. The topological polar surface area (TPSA) is 44.0 Å². The maximum Gasteiger partial charge on any atom is 0.255 e. The fourth-order valence-electron chi connectivity index (χ4n) is 1.74. The van der Waals surface area contributed by atoms with Crippen molar-refractivity contribution < 1.29 is 9.59 Å². The van der Waals surface area contributed by atoms with Gasteiger partial charge < -0.3 is 9.13 Å². The summed E-state index contributed by atoms with van der Waals surface area (Å²) in [6.07, 6.45) is 3.49. The molecule has 2 aromatic heterocycles. The van der Waals surface area contributed by atoms with Crippen LogP contribution in [-0.4, -0.2) is 28.3 Å². The Morgan fingerprint density at radius 2 is 1.40 bits per heavy atom. The molecule has 0 aromatic carbocycles. The predicted octanol–water partition coefficient (Wildman–Crippen LogP) is 5.76. The zero-order valence-electron chi connectivity index (χ0n) is 12.7. The maximum atomic E-state index is 11.5. The first-order chi connectivity index (χ1) is 11.2. The van der Waals surface area contributed by atoms with Crippen LogP contribution in [0.3, 0.4) is 0 Å². The number of aryl methyl sites for hydroxylation is 2. The van der Waals surface area contributed by atoms with Gasteiger partial charge in [-0.3, -0.25) is 9.59 Å². The van der Waals surface area contributed by atoms with Gasteiger partial charge in [-0.25, -0.2) is 0 Å². The molecule has 0 atom stereocenters. The van der Waals surface area contributed by atoms with E-state index in [2.05, 4.69) is 22.6 Å². The van der Waals surface area contributed by atoms with Crippen LogP contribution in [0.4, 0.5) is 0 Å². The monoisotopic (exact) mass is 576 g/mol. The van der Waals surface area contributed by atoms with Crippen molar-refractivity contribution in [2.24, 2.45) is 14.1 Å². The Morgan fingerprint density at radius 1 is 0.920 bits per heavy atom. The average molecular weight is 579 g/mol. The minimum absolute atomic E-state index is 0.384. The second-order valence-corrected chi connectivity index (χ2v) is 10.6. The molecule has 138 valence electrons. The van der Waals surface area contributed by atoms with Crippen molar-refractivity contribution in [3.05, 3.63) is 45.6 Å². The lowest BCUT2D eigenvalue weighted by Crippen LogP contribution is -2.21. The summed E-state index contributed by atoms with van der Waals surface area (Å²) in [4.78, 5) is 22.8. The fourth-order valence-corrected chi connectivity index (χ4v) is 3.03. The lowest BCUT2D eigenvalue weighted by atomic mass is 10.3. The average Bonchev–Trinajstić information content (AvgIpc) is 3.01. The summed E-state index contributed by atoms with van der Waals surface area (Å²) in [6.45, 7) is 0. The quantitative estimate of drug-likeness (QED) is 0.258. The highest BCUT2D eigenvalue weighted by atomic mass is 127. The third kappa shape index (κ3) is 6.79. The number of halogens is 7. The molecule has 11 heteroatoms. The molecular formula is C14H11Cl6IN2O2. The van der Waals surface area contributed by atoms with E-state index in [1.165, 1.54) is 0 Å². The van der Waals surface area contributed by atoms with E-state index in [0.717, 1.165) is 3.57 Å². The lowest BCUT2D eigenvalue weighted by molar-refractivity contribution is 0.0981. The van der Waals surface area contributed by atoms with Gasteiger partial charge in [0.15, 0.2) is 0 Å². The second-order valence-electron chi connectivity index (χ2n) is 4.81. The SMILES string of the molecule is Cn1cc(I)cc1C(=O)C(Cl)(Cl)Cl.Cn1cccc1C(=O)C(Cl)(Cl)Cl. The molecule has 4 nitrogen and oxygen atoms in total. The molecule has 2 heterocycles. The van der Waals surface area contributed by atoms with Crippen LogP contribution >= 0.6 is 92.2 Å². The van der Waals surface area contributed by atoms with E-state index < -0.39 is 19.2 Å². The number of rotatable bonds is 2. The molecule has 0 N–H and O–H groups in total. The first kappa shape index (κ1) is 23.4. The van der Waals surface area contributed by atoms with Crippen molar-refractivity contribution in [3.63, 3.8) is 0 Å². The molecule has 2 aromatic rings. The van der Waals surface area contributed by atoms with Gasteiger partial charge in [0.2, 0.25) is 11.6 Å². The van der Waals surface area contributed by atoms with Crippen molar-refractivity contribution in [1.29, 1.82) is 0 Å². The van der Waals surface area contributed by atoms with Crippen molar-refractivity contribution in [2.75, 3.05) is 0 Å². The number of ketones is 2. The van der Waals surface area contributed by atoms with Crippen LogP contribution in [0.1, 0.15) is 21.0 Å². The van der Waals surface area contributed by atoms with Crippen molar-refractivity contribution in [1.82, 2.24) is 9.13 Å². The van der Waals surface area contributed by atoms with Crippen molar-refractivity contribution in [3.8, 4) is 0 Å². The first-order valence-corrected chi connectivity index (χ1v) is 9.76. The van der Waals surface area contributed by atoms with Gasteiger partial charge in [0.1, 0.15) is 0 Å². The molecule has 0 bridgehead atoms. The molecule has 0 amide bonds. The Kier molecular flexibility index (Phi) is 8.47. The summed E-state index contributed by atoms with van der Waals surface area (Å²) >= 11 is 34.7. The number of aromatic nitrogens is 2. The van der Waals surface area contributed by atoms with Crippen LogP contribution in [0.2, 0.25) is 0 Å². The number of hydrogen-bond donors (Lipinski definition) is 0. The van der Waals surface area contributed by atoms with Crippen LogP contribution in [-0.2, 0) is 14.1 Å². The van der Waals surface area contributed by atoms with Crippen LogP contribution in [0, 0.1) is 3.57 Å². The Bertz CT molecular complexity index is 773. The third-order valence-corrected chi connectivity index (χ3v) is 4.52. The number of nitrogens with zero attached hydrogens (tertiary/aromatic N) is 2. The van der Waals surface area contributed by atoms with E-state index in [-0.39, 0.29) is 0 Å². The number of alkyl halides is 6. The molecule has 0 unspecified atom stereocenters. The highest BCUT2D eigenvalue weighted by molar-refractivity contribution is 14.1. The van der Waals surface area contributed by atoms with E-state index in [0.29, 0.717) is 11.4 Å². The van der Waals surface area contributed by atoms with E-state index in [9.17, 15) is 9.59 Å². The second kappa shape index (κ2) is 9.04. The largest absolute Gasteiger partial charge is 0.348 e. The molecule has 0 spiro atoms. The molecular weight excluding hydrogens is 568 g/mol. The van der Waals surface area contributed by atoms with Crippen LogP contribution in [0.25, 0.3) is 0 Å². The number of carbonyl (C=O) groups is 2. The summed E-state index contributed by atoms with van der Waals surface area (Å²) in [6, 6.07) is 4.98. The van der Waals surface area contributed by atoms with Gasteiger partial charge in [-0.2, -0.15) is 0 Å². The Balaban J connectivity index is 0.000000251. The van der Waals surface area contributed by atoms with Gasteiger partial charge in [0, 0.05) is 30.1 Å². The fraction of sp³-hybridized carbons (Fsp3) is 0.286. The Morgan fingerprint density at radius 3 is 1.72 bits per heavy atom. The molecule has 0 aliphatic carbocycles. The van der Waals surface area contributed by atoms with E-state index in [1.54, 1.807) is 53.8 Å². The molecule has 0 aliphatic heterocycles. The van der Waals surface area contributed by atoms with Crippen LogP contribution in [0.15, 0.2) is 30.6 Å². The number of carbonyl (C=O) groups excluding carboxylic acids is 2. The Hall–Kier alpha value is 0.370. The molecule has 0 radical (unpaired) electrons. The molecule has 25 heavy (non-hydrogen) atoms. The van der Waals surface area contributed by atoms with Gasteiger partial charge >= 0.3 is 0 Å². The maximum absolute atomic E-state index is 11.5. The van der Waals surface area contributed by atoms with E-state index in [1.807, 2.05) is 0 Å². The molecule has 0 saturated carbocycles. The van der Waals surface area contributed by atoms with Crippen molar-refractivity contribution >= 4 is 104 Å². The molecule has 2 rings (SSSR count). The van der Waals surface area contributed by atoms with Gasteiger partial charge in [-0.15, -0.1) is 0 Å². The van der Waals surface area contributed by atoms with Gasteiger partial charge in [-0.1, -0.05) is 69.6 Å². The summed E-state index contributed by atoms with van der Waals surface area (Å²) in [5, 5.41) is 0. The van der Waals surface area contributed by atoms with Gasteiger partial charge in [0.25, 0.3) is 7.59 Å². The van der Waals surface area contributed by atoms with Crippen molar-refractivity contribution in [2.45, 2.75) is 7.59 Å². The summed E-state index contributed by atoms with van der Waals surface area (Å²) in [5.74, 6) is -1.03. The molecule has 0 fully saturated rings. The Labute approximate surface area is 188 Å². The van der Waals surface area contributed by atoms with E-state index in [4.69, 9.17) is 69.6 Å².